The minimum Gasteiger partial charge on any atom is -0.469 e. The Kier molecular flexibility index (Phi) is 5.40. The van der Waals surface area contributed by atoms with Gasteiger partial charge >= 0.3 is 5.97 Å². The first-order valence-corrected chi connectivity index (χ1v) is 7.11. The molecular weight excluding hydrogens is 238 g/mol. The van der Waals surface area contributed by atoms with Crippen molar-refractivity contribution in [1.82, 2.24) is 4.90 Å². The summed E-state index contributed by atoms with van der Waals surface area (Å²) in [6.45, 7) is 3.30. The average Bonchev–Trinajstić information content (AvgIpc) is 2.46. The highest BCUT2D eigenvalue weighted by Gasteiger charge is 2.20. The van der Waals surface area contributed by atoms with Gasteiger partial charge in [-0.15, -0.1) is 0 Å². The van der Waals surface area contributed by atoms with Crippen LogP contribution in [0.25, 0.3) is 0 Å². The summed E-state index contributed by atoms with van der Waals surface area (Å²) in [5, 5.41) is 0. The number of benzene rings is 1. The zero-order valence-corrected chi connectivity index (χ0v) is 11.7. The van der Waals surface area contributed by atoms with Gasteiger partial charge in [-0.25, -0.2) is 0 Å². The molecule has 2 rings (SSSR count). The molecule has 1 fully saturated rings. The maximum atomic E-state index is 11.2. The lowest BCUT2D eigenvalue weighted by Gasteiger charge is -2.32. The summed E-state index contributed by atoms with van der Waals surface area (Å²) in [5.74, 6) is 0.553. The van der Waals surface area contributed by atoms with Crippen LogP contribution >= 0.6 is 0 Å². The SMILES string of the molecule is COC(=O)CC[C@H]1CCCN(Cc2ccccc2)C1. The summed E-state index contributed by atoms with van der Waals surface area (Å²) in [6.07, 6.45) is 3.99. The molecule has 104 valence electrons. The van der Waals surface area contributed by atoms with Crippen LogP contribution in [0.15, 0.2) is 30.3 Å². The summed E-state index contributed by atoms with van der Waals surface area (Å²) in [4.78, 5) is 13.7. The second-order valence-electron chi connectivity index (χ2n) is 5.34. The fourth-order valence-corrected chi connectivity index (χ4v) is 2.80. The van der Waals surface area contributed by atoms with Gasteiger partial charge in [-0.1, -0.05) is 30.3 Å². The van der Waals surface area contributed by atoms with Crippen molar-refractivity contribution in [3.8, 4) is 0 Å². The smallest absolute Gasteiger partial charge is 0.305 e. The molecule has 0 amide bonds. The van der Waals surface area contributed by atoms with Crippen molar-refractivity contribution in [2.45, 2.75) is 32.2 Å². The molecule has 1 aliphatic rings. The molecule has 0 aliphatic carbocycles. The van der Waals surface area contributed by atoms with Crippen LogP contribution < -0.4 is 0 Å². The molecule has 0 N–H and O–H groups in total. The van der Waals surface area contributed by atoms with Crippen molar-refractivity contribution in [3.63, 3.8) is 0 Å². The van der Waals surface area contributed by atoms with Crippen LogP contribution in [-0.4, -0.2) is 31.1 Å². The number of rotatable bonds is 5. The van der Waals surface area contributed by atoms with Crippen LogP contribution in [0.4, 0.5) is 0 Å². The molecule has 19 heavy (non-hydrogen) atoms. The molecule has 0 unspecified atom stereocenters. The number of carbonyl (C=O) groups is 1. The summed E-state index contributed by atoms with van der Waals surface area (Å²) in [6, 6.07) is 10.6. The highest BCUT2D eigenvalue weighted by Crippen LogP contribution is 2.22. The first-order valence-electron chi connectivity index (χ1n) is 7.11. The Balaban J connectivity index is 1.79. The van der Waals surface area contributed by atoms with Gasteiger partial charge in [0.15, 0.2) is 0 Å². The number of hydrogen-bond donors (Lipinski definition) is 0. The highest BCUT2D eigenvalue weighted by molar-refractivity contribution is 5.69. The maximum Gasteiger partial charge on any atom is 0.305 e. The predicted molar refractivity (Wildman–Crippen MR) is 75.7 cm³/mol. The first-order chi connectivity index (χ1) is 9.28. The Bertz CT molecular complexity index is 391. The minimum atomic E-state index is -0.0832. The summed E-state index contributed by atoms with van der Waals surface area (Å²) in [5.41, 5.74) is 1.37. The number of nitrogens with zero attached hydrogens (tertiary/aromatic N) is 1. The lowest BCUT2D eigenvalue weighted by atomic mass is 9.93. The van der Waals surface area contributed by atoms with E-state index >= 15 is 0 Å². The molecule has 3 nitrogen and oxygen atoms in total. The third-order valence-corrected chi connectivity index (χ3v) is 3.84. The van der Waals surface area contributed by atoms with E-state index in [0.29, 0.717) is 12.3 Å². The van der Waals surface area contributed by atoms with Gasteiger partial charge in [0.25, 0.3) is 0 Å². The second kappa shape index (κ2) is 7.29. The van der Waals surface area contributed by atoms with E-state index in [4.69, 9.17) is 4.74 Å². The quantitative estimate of drug-likeness (QED) is 0.763. The van der Waals surface area contributed by atoms with E-state index in [0.717, 1.165) is 19.5 Å². The minimum absolute atomic E-state index is 0.0832. The number of carbonyl (C=O) groups excluding carboxylic acids is 1. The number of piperidine rings is 1. The Morgan fingerprint density at radius 1 is 1.37 bits per heavy atom. The van der Waals surface area contributed by atoms with E-state index in [9.17, 15) is 4.79 Å². The van der Waals surface area contributed by atoms with Gasteiger partial charge in [-0.3, -0.25) is 9.69 Å². The molecule has 0 spiro atoms. The maximum absolute atomic E-state index is 11.2. The zero-order chi connectivity index (χ0) is 13.5. The van der Waals surface area contributed by atoms with Crippen LogP contribution in [0.5, 0.6) is 0 Å². The van der Waals surface area contributed by atoms with Crippen molar-refractivity contribution >= 4 is 5.97 Å². The topological polar surface area (TPSA) is 29.5 Å². The van der Waals surface area contributed by atoms with Crippen molar-refractivity contribution in [1.29, 1.82) is 0 Å². The van der Waals surface area contributed by atoms with Crippen molar-refractivity contribution in [3.05, 3.63) is 35.9 Å². The fraction of sp³-hybridized carbons (Fsp3) is 0.562. The van der Waals surface area contributed by atoms with Crippen molar-refractivity contribution in [2.24, 2.45) is 5.92 Å². The fourth-order valence-electron chi connectivity index (χ4n) is 2.80. The van der Waals surface area contributed by atoms with E-state index in [-0.39, 0.29) is 5.97 Å². The third-order valence-electron chi connectivity index (χ3n) is 3.84. The summed E-state index contributed by atoms with van der Waals surface area (Å²) < 4.78 is 4.71. The largest absolute Gasteiger partial charge is 0.469 e. The highest BCUT2D eigenvalue weighted by atomic mass is 16.5. The normalized spacial score (nSPS) is 20.2. The number of hydrogen-bond acceptors (Lipinski definition) is 3. The zero-order valence-electron chi connectivity index (χ0n) is 11.7. The summed E-state index contributed by atoms with van der Waals surface area (Å²) in [7, 11) is 1.46. The molecule has 0 saturated carbocycles. The van der Waals surface area contributed by atoms with E-state index in [2.05, 4.69) is 35.2 Å². The summed E-state index contributed by atoms with van der Waals surface area (Å²) >= 11 is 0. The van der Waals surface area contributed by atoms with E-state index in [1.54, 1.807) is 0 Å². The van der Waals surface area contributed by atoms with Crippen LogP contribution in [0, 0.1) is 5.92 Å². The van der Waals surface area contributed by atoms with Crippen LogP contribution in [0.1, 0.15) is 31.2 Å². The van der Waals surface area contributed by atoms with Crippen molar-refractivity contribution < 1.29 is 9.53 Å². The average molecular weight is 261 g/mol. The molecule has 1 heterocycles. The standard InChI is InChI=1S/C16H23NO2/c1-19-16(18)10-9-15-8-5-11-17(13-15)12-14-6-3-2-4-7-14/h2-4,6-7,15H,5,8-13H2,1H3/t15-/m1/s1. The van der Waals surface area contributed by atoms with Gasteiger partial charge in [0.2, 0.25) is 0 Å². The lowest BCUT2D eigenvalue weighted by Crippen LogP contribution is -2.35. The Morgan fingerprint density at radius 2 is 2.16 bits per heavy atom. The Morgan fingerprint density at radius 3 is 2.89 bits per heavy atom. The molecule has 1 atom stereocenters. The molecule has 1 aromatic carbocycles. The third kappa shape index (κ3) is 4.67. The van der Waals surface area contributed by atoms with Crippen LogP contribution in [0.2, 0.25) is 0 Å². The molecule has 0 aromatic heterocycles. The monoisotopic (exact) mass is 261 g/mol. The number of methoxy groups -OCH3 is 1. The Labute approximate surface area is 115 Å². The molecule has 1 aromatic rings. The van der Waals surface area contributed by atoms with Crippen LogP contribution in [-0.2, 0) is 16.1 Å². The number of esters is 1. The van der Waals surface area contributed by atoms with Gasteiger partial charge in [-0.2, -0.15) is 0 Å². The molecular formula is C16H23NO2. The van der Waals surface area contributed by atoms with E-state index in [1.807, 2.05) is 0 Å². The van der Waals surface area contributed by atoms with Crippen LogP contribution in [0.3, 0.4) is 0 Å². The lowest BCUT2D eigenvalue weighted by molar-refractivity contribution is -0.141. The van der Waals surface area contributed by atoms with Gasteiger partial charge in [0.1, 0.15) is 0 Å². The molecule has 0 bridgehead atoms. The predicted octanol–water partition coefficient (Wildman–Crippen LogP) is 2.85. The van der Waals surface area contributed by atoms with Gasteiger partial charge < -0.3 is 4.74 Å². The number of likely N-dealkylation sites (tertiary alicyclic amines) is 1. The Hall–Kier alpha value is -1.35. The number of ether oxygens (including phenoxy) is 1. The molecule has 3 heteroatoms. The van der Waals surface area contributed by atoms with Gasteiger partial charge in [-0.05, 0) is 37.3 Å². The van der Waals surface area contributed by atoms with Gasteiger partial charge in [0, 0.05) is 19.5 Å². The second-order valence-corrected chi connectivity index (χ2v) is 5.34. The first kappa shape index (κ1) is 14.1. The molecule has 1 saturated heterocycles. The van der Waals surface area contributed by atoms with Crippen molar-refractivity contribution in [2.75, 3.05) is 20.2 Å². The van der Waals surface area contributed by atoms with Gasteiger partial charge in [0.05, 0.1) is 7.11 Å². The molecule has 1 aliphatic heterocycles. The van der Waals surface area contributed by atoms with E-state index < -0.39 is 0 Å². The molecule has 0 radical (unpaired) electrons. The van der Waals surface area contributed by atoms with E-state index in [1.165, 1.54) is 32.1 Å².